The van der Waals surface area contributed by atoms with Gasteiger partial charge in [-0.25, -0.2) is 8.42 Å². The van der Waals surface area contributed by atoms with Crippen molar-refractivity contribution in [3.8, 4) is 0 Å². The Balaban J connectivity index is 2.44. The van der Waals surface area contributed by atoms with Crippen LogP contribution in [0.4, 0.5) is 0 Å². The minimum absolute atomic E-state index is 0.276. The van der Waals surface area contributed by atoms with Gasteiger partial charge >= 0.3 is 0 Å². The molecule has 0 aliphatic heterocycles. The van der Waals surface area contributed by atoms with Crippen molar-refractivity contribution in [3.63, 3.8) is 0 Å². The van der Waals surface area contributed by atoms with E-state index < -0.39 is 15.1 Å². The van der Waals surface area contributed by atoms with Gasteiger partial charge in [0.15, 0.2) is 9.84 Å². The number of halogens is 1. The third kappa shape index (κ3) is 3.03. The number of aryl methyl sites for hydroxylation is 1. The summed E-state index contributed by atoms with van der Waals surface area (Å²) in [5, 5.41) is -0.0632. The van der Waals surface area contributed by atoms with E-state index in [1.165, 1.54) is 0 Å². The zero-order valence-electron chi connectivity index (χ0n) is 11.2. The van der Waals surface area contributed by atoms with Crippen LogP contribution in [0.1, 0.15) is 16.4 Å². The highest BCUT2D eigenvalue weighted by molar-refractivity contribution is 7.91. The van der Waals surface area contributed by atoms with E-state index in [1.54, 1.807) is 48.5 Å². The van der Waals surface area contributed by atoms with Gasteiger partial charge in [0, 0.05) is 5.02 Å². The highest BCUT2D eigenvalue weighted by atomic mass is 35.5. The second-order valence-corrected chi connectivity index (χ2v) is 7.25. The molecule has 0 aliphatic rings. The van der Waals surface area contributed by atoms with Gasteiger partial charge in [0.1, 0.15) is 5.25 Å². The number of sulfone groups is 1. The molecule has 0 spiro atoms. The van der Waals surface area contributed by atoms with Crippen LogP contribution in [0.5, 0.6) is 0 Å². The molecule has 0 fully saturated rings. The topological polar surface area (TPSA) is 61.8 Å². The van der Waals surface area contributed by atoms with E-state index in [0.29, 0.717) is 15.5 Å². The van der Waals surface area contributed by atoms with E-state index in [0.717, 1.165) is 5.56 Å². The molecule has 0 amide bonds. The summed E-state index contributed by atoms with van der Waals surface area (Å²) in [5.74, 6) is 0. The molecule has 0 bridgehead atoms. The van der Waals surface area contributed by atoms with Crippen molar-refractivity contribution in [2.45, 2.75) is 17.1 Å². The van der Waals surface area contributed by atoms with E-state index in [1.807, 2.05) is 6.92 Å². The molecule has 0 unspecified atom stereocenters. The predicted molar refractivity (Wildman–Crippen MR) is 80.3 cm³/mol. The van der Waals surface area contributed by atoms with Gasteiger partial charge in [-0.15, -0.1) is 0 Å². The van der Waals surface area contributed by atoms with Crippen LogP contribution in [-0.2, 0) is 9.84 Å². The van der Waals surface area contributed by atoms with Crippen molar-refractivity contribution in [2.75, 3.05) is 6.54 Å². The maximum Gasteiger partial charge on any atom is 0.190 e. The first-order valence-corrected chi connectivity index (χ1v) is 8.23. The molecule has 0 radical (unpaired) electrons. The first kappa shape index (κ1) is 15.0. The summed E-state index contributed by atoms with van der Waals surface area (Å²) in [6.45, 7) is 2.20. The van der Waals surface area contributed by atoms with Crippen molar-refractivity contribution in [3.05, 3.63) is 64.7 Å². The van der Waals surface area contributed by atoms with Gasteiger partial charge in [-0.1, -0.05) is 41.4 Å². The van der Waals surface area contributed by atoms with Crippen LogP contribution >= 0.6 is 11.6 Å². The molecule has 0 saturated heterocycles. The molecule has 3 nitrogen and oxygen atoms in total. The average Bonchev–Trinajstić information content (AvgIpc) is 2.42. The zero-order chi connectivity index (χ0) is 14.8. The van der Waals surface area contributed by atoms with Crippen LogP contribution in [0.25, 0.3) is 0 Å². The quantitative estimate of drug-likeness (QED) is 0.942. The van der Waals surface area contributed by atoms with E-state index >= 15 is 0 Å². The first-order chi connectivity index (χ1) is 9.45. The molecule has 0 aromatic heterocycles. The van der Waals surface area contributed by atoms with E-state index in [2.05, 4.69) is 5.73 Å². The monoisotopic (exact) mass is 310 g/mol. The van der Waals surface area contributed by atoms with E-state index in [4.69, 9.17) is 11.6 Å². The fraction of sp³-hybridized carbons (Fsp3) is 0.200. The number of hydrogen-bond donors (Lipinski definition) is 1. The smallest absolute Gasteiger partial charge is 0.190 e. The molecular weight excluding hydrogens is 294 g/mol. The lowest BCUT2D eigenvalue weighted by Gasteiger charge is -2.15. The highest BCUT2D eigenvalue weighted by Gasteiger charge is 2.29. The zero-order valence-corrected chi connectivity index (χ0v) is 12.8. The third-order valence-corrected chi connectivity index (χ3v) is 5.67. The summed E-state index contributed by atoms with van der Waals surface area (Å²) in [7, 11) is -3.44. The average molecular weight is 311 g/mol. The standard InChI is InChI=1S/C15H16ClNO2S/c1-11-2-8-14(9-3-11)20(18,19)15(10-17)12-4-6-13(16)7-5-12/h2-9,15H,10,17H2,1H3/p+1/t15-/m0/s1. The van der Waals surface area contributed by atoms with Crippen LogP contribution in [0.3, 0.4) is 0 Å². The molecule has 0 aliphatic carbocycles. The predicted octanol–water partition coefficient (Wildman–Crippen LogP) is 2.41. The van der Waals surface area contributed by atoms with Gasteiger partial charge in [-0.3, -0.25) is 0 Å². The van der Waals surface area contributed by atoms with Crippen molar-refractivity contribution >= 4 is 21.4 Å². The highest BCUT2D eigenvalue weighted by Crippen LogP contribution is 2.28. The molecule has 2 aromatic rings. The normalized spacial score (nSPS) is 13.2. The fourth-order valence-corrected chi connectivity index (χ4v) is 3.87. The van der Waals surface area contributed by atoms with Crippen molar-refractivity contribution in [2.24, 2.45) is 0 Å². The van der Waals surface area contributed by atoms with Gasteiger partial charge in [-0.05, 0) is 36.8 Å². The van der Waals surface area contributed by atoms with Crippen LogP contribution in [0, 0.1) is 6.92 Å². The van der Waals surface area contributed by atoms with E-state index in [9.17, 15) is 8.42 Å². The van der Waals surface area contributed by atoms with Crippen LogP contribution in [0.15, 0.2) is 53.4 Å². The van der Waals surface area contributed by atoms with Crippen LogP contribution in [-0.4, -0.2) is 15.0 Å². The molecule has 2 aromatic carbocycles. The van der Waals surface area contributed by atoms with Crippen LogP contribution < -0.4 is 5.73 Å². The molecule has 0 heterocycles. The van der Waals surface area contributed by atoms with Gasteiger partial charge in [0.05, 0.1) is 11.4 Å². The number of benzene rings is 2. The van der Waals surface area contributed by atoms with Crippen molar-refractivity contribution in [1.82, 2.24) is 0 Å². The molecular formula is C15H17ClNO2S+. The van der Waals surface area contributed by atoms with Gasteiger partial charge in [0.2, 0.25) is 0 Å². The summed E-state index contributed by atoms with van der Waals surface area (Å²) < 4.78 is 25.4. The number of rotatable bonds is 4. The summed E-state index contributed by atoms with van der Waals surface area (Å²) in [6, 6.07) is 13.8. The molecule has 106 valence electrons. The largest absolute Gasteiger partial charge is 0.356 e. The maximum atomic E-state index is 12.7. The molecule has 2 rings (SSSR count). The Hall–Kier alpha value is -1.36. The minimum Gasteiger partial charge on any atom is -0.356 e. The van der Waals surface area contributed by atoms with E-state index in [-0.39, 0.29) is 6.54 Å². The second-order valence-electron chi connectivity index (χ2n) is 4.69. The van der Waals surface area contributed by atoms with Gasteiger partial charge in [-0.2, -0.15) is 0 Å². The maximum absolute atomic E-state index is 12.7. The molecule has 5 heteroatoms. The lowest BCUT2D eigenvalue weighted by Crippen LogP contribution is -2.54. The summed E-state index contributed by atoms with van der Waals surface area (Å²) >= 11 is 5.84. The fourth-order valence-electron chi connectivity index (χ4n) is 2.07. The molecule has 1 atom stereocenters. The number of hydrogen-bond acceptors (Lipinski definition) is 2. The molecule has 3 N–H and O–H groups in total. The molecule has 20 heavy (non-hydrogen) atoms. The lowest BCUT2D eigenvalue weighted by atomic mass is 10.1. The Bertz CT molecular complexity index is 679. The molecule has 0 saturated carbocycles. The van der Waals surface area contributed by atoms with Crippen molar-refractivity contribution in [1.29, 1.82) is 0 Å². The van der Waals surface area contributed by atoms with Gasteiger partial charge < -0.3 is 5.73 Å². The van der Waals surface area contributed by atoms with Crippen molar-refractivity contribution < 1.29 is 14.2 Å². The second kappa shape index (κ2) is 5.95. The summed E-state index contributed by atoms with van der Waals surface area (Å²) in [6.07, 6.45) is 0. The Morgan fingerprint density at radius 1 is 1.05 bits per heavy atom. The Kier molecular flexibility index (Phi) is 4.48. The lowest BCUT2D eigenvalue weighted by molar-refractivity contribution is -0.367. The Labute approximate surface area is 124 Å². The Morgan fingerprint density at radius 3 is 2.10 bits per heavy atom. The third-order valence-electron chi connectivity index (χ3n) is 3.23. The number of quaternary nitrogens is 1. The summed E-state index contributed by atoms with van der Waals surface area (Å²) in [4.78, 5) is 0.326. The van der Waals surface area contributed by atoms with Gasteiger partial charge in [0.25, 0.3) is 0 Å². The minimum atomic E-state index is -3.44. The Morgan fingerprint density at radius 2 is 1.60 bits per heavy atom. The summed E-state index contributed by atoms with van der Waals surface area (Å²) in [5.41, 5.74) is 5.52. The van der Waals surface area contributed by atoms with Crippen LogP contribution in [0.2, 0.25) is 5.02 Å². The first-order valence-electron chi connectivity index (χ1n) is 6.30. The SMILES string of the molecule is Cc1ccc(S(=O)(=O)[C@@H](C[NH3+])c2ccc(Cl)cc2)cc1.